The predicted octanol–water partition coefficient (Wildman–Crippen LogP) is 3.84. The Morgan fingerprint density at radius 3 is 2.69 bits per heavy atom. The van der Waals surface area contributed by atoms with E-state index >= 15 is 0 Å². The van der Waals surface area contributed by atoms with Crippen LogP contribution in [0.25, 0.3) is 11.7 Å². The number of fused-ring (bicyclic) bond motifs is 1. The summed E-state index contributed by atoms with van der Waals surface area (Å²) in [5.41, 5.74) is 2.10. The number of nitrogens with zero attached hydrogens (tertiary/aromatic N) is 4. The highest BCUT2D eigenvalue weighted by Gasteiger charge is 2.25. The van der Waals surface area contributed by atoms with Gasteiger partial charge in [-0.3, -0.25) is 10.1 Å². The summed E-state index contributed by atoms with van der Waals surface area (Å²) in [6.45, 7) is 7.70. The van der Waals surface area contributed by atoms with Crippen molar-refractivity contribution in [3.05, 3.63) is 52.8 Å². The summed E-state index contributed by atoms with van der Waals surface area (Å²) in [5, 5.41) is 16.8. The number of hydrogen-bond donors (Lipinski definition) is 4. The molecule has 2 aromatic heterocycles. The number of benzene rings is 1. The number of hydrogen-bond acceptors (Lipinski definition) is 7. The number of halogens is 1. The molecular formula is C25H29ClN8O2. The maximum atomic E-state index is 12.1. The molecule has 1 aromatic carbocycles. The van der Waals surface area contributed by atoms with Crippen LogP contribution in [0.15, 0.2) is 42.2 Å². The Morgan fingerprint density at radius 1 is 1.19 bits per heavy atom. The molecule has 3 aromatic rings. The molecule has 0 bridgehead atoms. The van der Waals surface area contributed by atoms with E-state index in [4.69, 9.17) is 16.6 Å². The van der Waals surface area contributed by atoms with Gasteiger partial charge in [-0.2, -0.15) is 9.61 Å². The van der Waals surface area contributed by atoms with Gasteiger partial charge in [0.15, 0.2) is 5.65 Å². The fraction of sp³-hybridized carbons (Fsp3) is 0.360. The lowest BCUT2D eigenvalue weighted by Crippen LogP contribution is -2.40. The first-order valence-corrected chi connectivity index (χ1v) is 12.5. The highest BCUT2D eigenvalue weighted by molar-refractivity contribution is 6.30. The van der Waals surface area contributed by atoms with Crippen LogP contribution in [0.2, 0.25) is 5.02 Å². The Kier molecular flexibility index (Phi) is 6.80. The van der Waals surface area contributed by atoms with E-state index in [0.717, 1.165) is 44.0 Å². The maximum Gasteiger partial charge on any atom is 0.326 e. The minimum Gasteiger partial charge on any atom is -0.367 e. The third-order valence-corrected chi connectivity index (χ3v) is 6.41. The molecule has 11 heteroatoms. The first-order chi connectivity index (χ1) is 17.3. The molecule has 2 aliphatic rings. The summed E-state index contributed by atoms with van der Waals surface area (Å²) in [5.74, 6) is 1.55. The van der Waals surface area contributed by atoms with E-state index in [2.05, 4.69) is 45.1 Å². The average molecular weight is 509 g/mol. The van der Waals surface area contributed by atoms with Crippen LogP contribution in [0, 0.1) is 5.92 Å². The van der Waals surface area contributed by atoms with Crippen LogP contribution >= 0.6 is 11.6 Å². The Hall–Kier alpha value is -3.63. The third kappa shape index (κ3) is 5.44. The summed E-state index contributed by atoms with van der Waals surface area (Å²) in [4.78, 5) is 30.9. The number of amides is 3. The van der Waals surface area contributed by atoms with Crippen LogP contribution in [-0.2, 0) is 4.79 Å². The van der Waals surface area contributed by atoms with Crippen molar-refractivity contribution >= 4 is 52.6 Å². The van der Waals surface area contributed by atoms with Crippen molar-refractivity contribution in [3.8, 4) is 0 Å². The van der Waals surface area contributed by atoms with E-state index in [0.29, 0.717) is 34.0 Å². The first-order valence-electron chi connectivity index (χ1n) is 12.1. The lowest BCUT2D eigenvalue weighted by atomic mass is 10.0. The van der Waals surface area contributed by atoms with Gasteiger partial charge in [0.2, 0.25) is 0 Å². The monoisotopic (exact) mass is 508 g/mol. The molecule has 36 heavy (non-hydrogen) atoms. The minimum atomic E-state index is -0.551. The second-order valence-corrected chi connectivity index (χ2v) is 10.0. The van der Waals surface area contributed by atoms with Gasteiger partial charge in [-0.05, 0) is 43.0 Å². The molecule has 5 rings (SSSR count). The number of nitrogens with one attached hydrogen (secondary N) is 4. The van der Waals surface area contributed by atoms with E-state index in [1.165, 1.54) is 0 Å². The van der Waals surface area contributed by atoms with Gasteiger partial charge < -0.3 is 20.9 Å². The molecule has 188 valence electrons. The normalized spacial score (nSPS) is 18.2. The molecule has 10 nitrogen and oxygen atoms in total. The molecule has 4 N–H and O–H groups in total. The van der Waals surface area contributed by atoms with Crippen LogP contribution < -0.4 is 21.3 Å². The van der Waals surface area contributed by atoms with Crippen LogP contribution in [0.5, 0.6) is 0 Å². The molecule has 0 saturated carbocycles. The lowest BCUT2D eigenvalue weighted by molar-refractivity contribution is -0.115. The Balaban J connectivity index is 1.46. The van der Waals surface area contributed by atoms with Crippen LogP contribution in [-0.4, -0.2) is 57.1 Å². The summed E-state index contributed by atoms with van der Waals surface area (Å²) < 4.78 is 1.73. The van der Waals surface area contributed by atoms with Crippen LogP contribution in [0.1, 0.15) is 32.3 Å². The third-order valence-electron chi connectivity index (χ3n) is 6.18. The summed E-state index contributed by atoms with van der Waals surface area (Å²) >= 11 is 6.17. The molecule has 2 fully saturated rings. The quantitative estimate of drug-likeness (QED) is 0.283. The fourth-order valence-electron chi connectivity index (χ4n) is 4.59. The van der Waals surface area contributed by atoms with E-state index < -0.39 is 11.9 Å². The number of aromatic nitrogens is 3. The molecule has 0 unspecified atom stereocenters. The van der Waals surface area contributed by atoms with E-state index in [1.54, 1.807) is 16.8 Å². The van der Waals surface area contributed by atoms with Gasteiger partial charge in [-0.1, -0.05) is 31.5 Å². The Labute approximate surface area is 214 Å². The average Bonchev–Trinajstić information content (AvgIpc) is 3.37. The second kappa shape index (κ2) is 10.2. The van der Waals surface area contributed by atoms with E-state index in [-0.39, 0.29) is 5.70 Å². The molecule has 0 spiro atoms. The van der Waals surface area contributed by atoms with Gasteiger partial charge >= 0.3 is 6.03 Å². The smallest absolute Gasteiger partial charge is 0.326 e. The summed E-state index contributed by atoms with van der Waals surface area (Å²) in [6.07, 6.45) is 5.26. The lowest BCUT2D eigenvalue weighted by Gasteiger charge is -2.33. The largest absolute Gasteiger partial charge is 0.367 e. The van der Waals surface area contributed by atoms with Gasteiger partial charge in [0, 0.05) is 48.0 Å². The number of likely N-dealkylation sites (tertiary alicyclic amines) is 1. The van der Waals surface area contributed by atoms with Crippen molar-refractivity contribution < 1.29 is 9.59 Å². The highest BCUT2D eigenvalue weighted by atomic mass is 35.5. The van der Waals surface area contributed by atoms with Crippen LogP contribution in [0.3, 0.4) is 0 Å². The number of rotatable bonds is 7. The Morgan fingerprint density at radius 2 is 2.00 bits per heavy atom. The second-order valence-electron chi connectivity index (χ2n) is 9.58. The van der Waals surface area contributed by atoms with Crippen molar-refractivity contribution in [3.63, 3.8) is 0 Å². The maximum absolute atomic E-state index is 12.1. The van der Waals surface area contributed by atoms with E-state index in [1.807, 2.05) is 30.3 Å². The zero-order valence-corrected chi connectivity index (χ0v) is 21.0. The molecule has 0 atom stereocenters. The van der Waals surface area contributed by atoms with Crippen molar-refractivity contribution in [1.29, 1.82) is 0 Å². The molecule has 3 amide bonds. The molecule has 0 radical (unpaired) electrons. The van der Waals surface area contributed by atoms with Gasteiger partial charge in [-0.25, -0.2) is 9.78 Å². The molecular weight excluding hydrogens is 480 g/mol. The number of urea groups is 1. The minimum absolute atomic E-state index is 0.150. The fourth-order valence-corrected chi connectivity index (χ4v) is 4.78. The van der Waals surface area contributed by atoms with Crippen molar-refractivity contribution in [2.24, 2.45) is 5.92 Å². The Bertz CT molecular complexity index is 1330. The zero-order chi connectivity index (χ0) is 25.2. The number of carbonyl (C=O) groups is 2. The SMILES string of the molecule is CC(C)CN1CCC(Nc2cc(Nc3cccc(Cl)c3)nc3c(/C=C4/NC(=O)NC4=O)cnn23)CC1. The first kappa shape index (κ1) is 24.1. The number of imide groups is 1. The van der Waals surface area contributed by atoms with Crippen molar-refractivity contribution in [1.82, 2.24) is 30.1 Å². The topological polar surface area (TPSA) is 116 Å². The number of anilines is 3. The summed E-state index contributed by atoms with van der Waals surface area (Å²) in [7, 11) is 0. The molecule has 2 saturated heterocycles. The van der Waals surface area contributed by atoms with Gasteiger partial charge in [0.05, 0.1) is 6.20 Å². The standard InChI is InChI=1S/C25H29ClN8O2/c1-15(2)14-33-8-6-18(7-9-33)29-22-12-21(28-19-5-3-4-17(26)11-19)31-23-16(13-27-34(22)23)10-20-24(35)32-25(36)30-20/h3-5,10-13,15,18,29H,6-9,14H2,1-2H3,(H,28,31)(H2,30,32,35,36)/b20-10+. The van der Waals surface area contributed by atoms with Gasteiger partial charge in [0.1, 0.15) is 17.3 Å². The van der Waals surface area contributed by atoms with Crippen LogP contribution in [0.4, 0.5) is 22.1 Å². The van der Waals surface area contributed by atoms with Gasteiger partial charge in [-0.15, -0.1) is 0 Å². The van der Waals surface area contributed by atoms with Crippen molar-refractivity contribution in [2.45, 2.75) is 32.7 Å². The van der Waals surface area contributed by atoms with Crippen molar-refractivity contribution in [2.75, 3.05) is 30.3 Å². The predicted molar refractivity (Wildman–Crippen MR) is 140 cm³/mol. The highest BCUT2D eigenvalue weighted by Crippen LogP contribution is 2.26. The van der Waals surface area contributed by atoms with Gasteiger partial charge in [0.25, 0.3) is 5.91 Å². The summed E-state index contributed by atoms with van der Waals surface area (Å²) in [6, 6.07) is 9.07. The molecule has 2 aliphatic heterocycles. The number of carbonyl (C=O) groups excluding carboxylic acids is 2. The molecule has 4 heterocycles. The van der Waals surface area contributed by atoms with E-state index in [9.17, 15) is 9.59 Å². The number of piperidine rings is 1. The molecule has 0 aliphatic carbocycles. The zero-order valence-electron chi connectivity index (χ0n) is 20.2.